The van der Waals surface area contributed by atoms with Crippen LogP contribution in [0.15, 0.2) is 109 Å². The van der Waals surface area contributed by atoms with Gasteiger partial charge in [0.2, 0.25) is 5.91 Å². The van der Waals surface area contributed by atoms with Crippen LogP contribution in [0, 0.1) is 0 Å². The van der Waals surface area contributed by atoms with Gasteiger partial charge in [-0.2, -0.15) is 0 Å². The molecule has 0 saturated carbocycles. The number of ether oxygens (including phenoxy) is 2. The minimum Gasteiger partial charge on any atom is -0.493 e. The van der Waals surface area contributed by atoms with Gasteiger partial charge < -0.3 is 23.8 Å². The van der Waals surface area contributed by atoms with Crippen molar-refractivity contribution in [1.29, 1.82) is 0 Å². The number of hydrogen-bond donors (Lipinski definition) is 0. The molecule has 1 aromatic heterocycles. The van der Waals surface area contributed by atoms with Crippen molar-refractivity contribution < 1.29 is 14.3 Å². The maximum absolute atomic E-state index is 13.9. The van der Waals surface area contributed by atoms with E-state index in [9.17, 15) is 4.79 Å². The van der Waals surface area contributed by atoms with Crippen LogP contribution < -0.4 is 9.47 Å². The number of amides is 1. The number of nitrogens with zero attached hydrogens (tertiary/aromatic N) is 3. The van der Waals surface area contributed by atoms with E-state index in [4.69, 9.17) is 9.47 Å². The van der Waals surface area contributed by atoms with Gasteiger partial charge in [0.1, 0.15) is 6.61 Å². The Labute approximate surface area is 260 Å². The predicted molar refractivity (Wildman–Crippen MR) is 176 cm³/mol. The molecular weight excluding hydrogens is 546 g/mol. The number of carbonyl (C=O) groups excluding carboxylic acids is 1. The SMILES string of the molecule is CCN1CCN(C(=O)C[C@@H](c2ccc(OCc3ccccc3)c(OC)c2)c2cn(Cc3ccccc3)c3ccccc23)CC1. The lowest BCUT2D eigenvalue weighted by atomic mass is 9.87. The fourth-order valence-electron chi connectivity index (χ4n) is 6.24. The largest absolute Gasteiger partial charge is 0.493 e. The average molecular weight is 588 g/mol. The van der Waals surface area contributed by atoms with Crippen molar-refractivity contribution in [2.24, 2.45) is 0 Å². The maximum Gasteiger partial charge on any atom is 0.223 e. The summed E-state index contributed by atoms with van der Waals surface area (Å²) < 4.78 is 14.3. The number of piperazine rings is 1. The summed E-state index contributed by atoms with van der Waals surface area (Å²) in [7, 11) is 1.67. The third-order valence-electron chi connectivity index (χ3n) is 8.77. The normalized spacial score (nSPS) is 14.5. The van der Waals surface area contributed by atoms with Crippen LogP contribution in [0.5, 0.6) is 11.5 Å². The third kappa shape index (κ3) is 6.66. The van der Waals surface area contributed by atoms with Crippen LogP contribution in [0.25, 0.3) is 10.9 Å². The summed E-state index contributed by atoms with van der Waals surface area (Å²) in [5.74, 6) is 1.40. The summed E-state index contributed by atoms with van der Waals surface area (Å²) in [4.78, 5) is 18.3. The molecule has 0 radical (unpaired) electrons. The second-order valence-electron chi connectivity index (χ2n) is 11.5. The second-order valence-corrected chi connectivity index (χ2v) is 11.5. The van der Waals surface area contributed by atoms with E-state index in [2.05, 4.69) is 83.3 Å². The van der Waals surface area contributed by atoms with E-state index in [0.29, 0.717) is 24.5 Å². The highest BCUT2D eigenvalue weighted by Gasteiger charge is 2.28. The summed E-state index contributed by atoms with van der Waals surface area (Å²) in [6.45, 7) is 7.79. The number of aromatic nitrogens is 1. The molecule has 1 fully saturated rings. The molecule has 6 nitrogen and oxygen atoms in total. The molecule has 0 bridgehead atoms. The molecule has 1 saturated heterocycles. The Morgan fingerprint density at radius 2 is 1.48 bits per heavy atom. The highest BCUT2D eigenvalue weighted by atomic mass is 16.5. The minimum atomic E-state index is -0.147. The molecule has 44 heavy (non-hydrogen) atoms. The third-order valence-corrected chi connectivity index (χ3v) is 8.77. The van der Waals surface area contributed by atoms with E-state index in [1.165, 1.54) is 10.9 Å². The Morgan fingerprint density at radius 3 is 2.18 bits per heavy atom. The summed E-state index contributed by atoms with van der Waals surface area (Å²) >= 11 is 0. The van der Waals surface area contributed by atoms with Gasteiger partial charge in [-0.3, -0.25) is 4.79 Å². The first-order valence-electron chi connectivity index (χ1n) is 15.6. The Balaban J connectivity index is 1.36. The number of fused-ring (bicyclic) bond motifs is 1. The van der Waals surface area contributed by atoms with Crippen molar-refractivity contribution >= 4 is 16.8 Å². The predicted octanol–water partition coefficient (Wildman–Crippen LogP) is 6.96. The number of hydrogen-bond acceptors (Lipinski definition) is 4. The van der Waals surface area contributed by atoms with Crippen molar-refractivity contribution in [2.75, 3.05) is 39.8 Å². The van der Waals surface area contributed by atoms with E-state index < -0.39 is 0 Å². The van der Waals surface area contributed by atoms with Crippen LogP contribution in [0.4, 0.5) is 0 Å². The van der Waals surface area contributed by atoms with Crippen LogP contribution in [0.3, 0.4) is 0 Å². The molecule has 1 aliphatic rings. The van der Waals surface area contributed by atoms with E-state index in [0.717, 1.165) is 61.5 Å². The highest BCUT2D eigenvalue weighted by molar-refractivity contribution is 5.87. The molecule has 6 heteroatoms. The molecule has 6 rings (SSSR count). The van der Waals surface area contributed by atoms with Gasteiger partial charge in [0.15, 0.2) is 11.5 Å². The van der Waals surface area contributed by atoms with E-state index >= 15 is 0 Å². The van der Waals surface area contributed by atoms with Crippen molar-refractivity contribution in [2.45, 2.75) is 32.4 Å². The Kier molecular flexibility index (Phi) is 9.28. The first-order valence-corrected chi connectivity index (χ1v) is 15.6. The first kappa shape index (κ1) is 29.5. The second kappa shape index (κ2) is 13.8. The fraction of sp³-hybridized carbons (Fsp3) is 0.289. The lowest BCUT2D eigenvalue weighted by molar-refractivity contribution is -0.133. The van der Waals surface area contributed by atoms with Gasteiger partial charge >= 0.3 is 0 Å². The smallest absolute Gasteiger partial charge is 0.223 e. The lowest BCUT2D eigenvalue weighted by Crippen LogP contribution is -2.48. The van der Waals surface area contributed by atoms with E-state index in [-0.39, 0.29) is 11.8 Å². The molecule has 4 aromatic carbocycles. The van der Waals surface area contributed by atoms with Crippen LogP contribution in [-0.2, 0) is 17.9 Å². The van der Waals surface area contributed by atoms with Crippen molar-refractivity contribution in [3.8, 4) is 11.5 Å². The zero-order chi connectivity index (χ0) is 30.3. The molecule has 5 aromatic rings. The standard InChI is InChI=1S/C38H41N3O3/c1-3-39-20-22-40(23-21-39)38(42)25-33(31-18-19-36(37(24-31)43-2)44-28-30-14-8-5-9-15-30)34-27-41(26-29-12-6-4-7-13-29)35-17-11-10-16-32(34)35/h4-19,24,27,33H,3,20-23,25-26,28H2,1-2H3/t33-/m0/s1. The monoisotopic (exact) mass is 587 g/mol. The molecule has 1 aliphatic heterocycles. The summed E-state index contributed by atoms with van der Waals surface area (Å²) in [6, 6.07) is 35.3. The number of para-hydroxylation sites is 1. The molecule has 0 unspecified atom stereocenters. The zero-order valence-electron chi connectivity index (χ0n) is 25.7. The number of carbonyl (C=O) groups is 1. The van der Waals surface area contributed by atoms with E-state index in [1.54, 1.807) is 7.11 Å². The fourth-order valence-corrected chi connectivity index (χ4v) is 6.24. The van der Waals surface area contributed by atoms with Gasteiger partial charge in [-0.25, -0.2) is 0 Å². The maximum atomic E-state index is 13.9. The Hall–Kier alpha value is -4.55. The minimum absolute atomic E-state index is 0.147. The number of benzene rings is 4. The summed E-state index contributed by atoms with van der Waals surface area (Å²) in [6.07, 6.45) is 2.63. The summed E-state index contributed by atoms with van der Waals surface area (Å²) in [5, 5.41) is 1.17. The molecule has 0 N–H and O–H groups in total. The molecule has 0 spiro atoms. The van der Waals surface area contributed by atoms with Gasteiger partial charge in [0.05, 0.1) is 7.11 Å². The average Bonchev–Trinajstić information content (AvgIpc) is 3.44. The Bertz CT molecular complexity index is 1670. The number of methoxy groups -OCH3 is 1. The first-order chi connectivity index (χ1) is 21.6. The Morgan fingerprint density at radius 1 is 0.795 bits per heavy atom. The molecule has 0 aliphatic carbocycles. The highest BCUT2D eigenvalue weighted by Crippen LogP contribution is 2.39. The quantitative estimate of drug-likeness (QED) is 0.168. The van der Waals surface area contributed by atoms with Crippen molar-refractivity contribution in [3.05, 3.63) is 132 Å². The molecular formula is C38H41N3O3. The number of rotatable bonds is 11. The zero-order valence-corrected chi connectivity index (χ0v) is 25.7. The van der Waals surface area contributed by atoms with Crippen LogP contribution in [-0.4, -0.2) is 60.1 Å². The van der Waals surface area contributed by atoms with Crippen molar-refractivity contribution in [3.63, 3.8) is 0 Å². The van der Waals surface area contributed by atoms with Gasteiger partial charge in [0, 0.05) is 62.2 Å². The van der Waals surface area contributed by atoms with Crippen LogP contribution in [0.2, 0.25) is 0 Å². The lowest BCUT2D eigenvalue weighted by Gasteiger charge is -2.35. The van der Waals surface area contributed by atoms with E-state index in [1.807, 2.05) is 47.4 Å². The summed E-state index contributed by atoms with van der Waals surface area (Å²) in [5.41, 5.74) is 5.68. The topological polar surface area (TPSA) is 46.9 Å². The van der Waals surface area contributed by atoms with Crippen molar-refractivity contribution in [1.82, 2.24) is 14.4 Å². The van der Waals surface area contributed by atoms with Crippen LogP contribution >= 0.6 is 0 Å². The number of likely N-dealkylation sites (N-methyl/N-ethyl adjacent to an activating group) is 1. The van der Waals surface area contributed by atoms with Crippen LogP contribution in [0.1, 0.15) is 41.5 Å². The van der Waals surface area contributed by atoms with Gasteiger partial charge in [-0.15, -0.1) is 0 Å². The molecule has 1 atom stereocenters. The molecule has 226 valence electrons. The van der Waals surface area contributed by atoms with Gasteiger partial charge in [-0.05, 0) is 47.0 Å². The molecule has 1 amide bonds. The van der Waals surface area contributed by atoms with Gasteiger partial charge in [0.25, 0.3) is 0 Å². The van der Waals surface area contributed by atoms with Gasteiger partial charge in [-0.1, -0.05) is 91.9 Å². The molecule has 2 heterocycles.